The minimum absolute atomic E-state index is 0.230. The molecule has 0 radical (unpaired) electrons. The molecular formula is C15H21NO3. The lowest BCUT2D eigenvalue weighted by Gasteiger charge is -2.34. The van der Waals surface area contributed by atoms with Gasteiger partial charge in [-0.1, -0.05) is 25.5 Å². The first-order valence-electron chi connectivity index (χ1n) is 6.85. The van der Waals surface area contributed by atoms with E-state index in [0.29, 0.717) is 13.0 Å². The summed E-state index contributed by atoms with van der Waals surface area (Å²) >= 11 is 0. The minimum atomic E-state index is -0.722. The Kier molecular flexibility index (Phi) is 4.10. The van der Waals surface area contributed by atoms with Crippen LogP contribution in [0.2, 0.25) is 0 Å². The first kappa shape index (κ1) is 13.9. The Morgan fingerprint density at radius 3 is 2.89 bits per heavy atom. The van der Waals surface area contributed by atoms with Crippen molar-refractivity contribution in [3.63, 3.8) is 0 Å². The van der Waals surface area contributed by atoms with Gasteiger partial charge in [0.05, 0.1) is 0 Å². The number of benzene rings is 1. The zero-order valence-corrected chi connectivity index (χ0v) is 11.3. The number of phenolic OH excluding ortho intramolecular Hbond substituents is 1. The molecule has 1 aromatic carbocycles. The fraction of sp³-hybridized carbons (Fsp3) is 0.533. The first-order valence-corrected chi connectivity index (χ1v) is 6.85. The van der Waals surface area contributed by atoms with Gasteiger partial charge in [0.25, 0.3) is 0 Å². The van der Waals surface area contributed by atoms with Crippen LogP contribution in [0.4, 0.5) is 0 Å². The van der Waals surface area contributed by atoms with E-state index in [1.54, 1.807) is 18.2 Å². The van der Waals surface area contributed by atoms with Crippen molar-refractivity contribution in [3.05, 3.63) is 29.8 Å². The number of carbonyl (C=O) groups is 1. The minimum Gasteiger partial charge on any atom is -0.508 e. The predicted molar refractivity (Wildman–Crippen MR) is 73.0 cm³/mol. The van der Waals surface area contributed by atoms with Gasteiger partial charge in [0.15, 0.2) is 0 Å². The Morgan fingerprint density at radius 2 is 2.26 bits per heavy atom. The Balaban J connectivity index is 2.20. The second-order valence-corrected chi connectivity index (χ2v) is 5.28. The van der Waals surface area contributed by atoms with E-state index in [9.17, 15) is 15.0 Å². The molecular weight excluding hydrogens is 242 g/mol. The third kappa shape index (κ3) is 2.73. The number of aliphatic carboxylic acids is 1. The van der Waals surface area contributed by atoms with Crippen molar-refractivity contribution < 1.29 is 15.0 Å². The average molecular weight is 263 g/mol. The lowest BCUT2D eigenvalue weighted by atomic mass is 9.90. The van der Waals surface area contributed by atoms with Crippen LogP contribution in [0.5, 0.6) is 5.75 Å². The number of carboxylic acids is 1. The van der Waals surface area contributed by atoms with Gasteiger partial charge in [0.2, 0.25) is 0 Å². The van der Waals surface area contributed by atoms with E-state index in [1.807, 2.05) is 17.9 Å². The van der Waals surface area contributed by atoms with E-state index < -0.39 is 11.5 Å². The van der Waals surface area contributed by atoms with E-state index in [0.717, 1.165) is 31.4 Å². The summed E-state index contributed by atoms with van der Waals surface area (Å²) < 4.78 is 0. The lowest BCUT2D eigenvalue weighted by Crippen LogP contribution is -2.49. The van der Waals surface area contributed by atoms with Crippen molar-refractivity contribution in [3.8, 4) is 5.75 Å². The number of carboxylic acid groups (broad SMARTS) is 1. The maximum absolute atomic E-state index is 11.7. The molecule has 0 bridgehead atoms. The Morgan fingerprint density at radius 1 is 1.47 bits per heavy atom. The highest BCUT2D eigenvalue weighted by Gasteiger charge is 2.46. The molecule has 4 nitrogen and oxygen atoms in total. The molecule has 1 aliphatic heterocycles. The van der Waals surface area contributed by atoms with Crippen LogP contribution in [0, 0.1) is 0 Å². The molecule has 1 heterocycles. The van der Waals surface area contributed by atoms with Gasteiger partial charge in [0.1, 0.15) is 11.3 Å². The SMILES string of the molecule is CCCC1(C(=O)O)CCCN1Cc1cccc(O)c1. The molecule has 1 aromatic rings. The lowest BCUT2D eigenvalue weighted by molar-refractivity contribution is -0.150. The quantitative estimate of drug-likeness (QED) is 0.857. The van der Waals surface area contributed by atoms with Crippen LogP contribution in [-0.4, -0.2) is 33.2 Å². The molecule has 19 heavy (non-hydrogen) atoms. The highest BCUT2D eigenvalue weighted by Crippen LogP contribution is 2.35. The number of likely N-dealkylation sites (tertiary alicyclic amines) is 1. The maximum Gasteiger partial charge on any atom is 0.324 e. The Hall–Kier alpha value is -1.55. The topological polar surface area (TPSA) is 60.8 Å². The van der Waals surface area contributed by atoms with Crippen molar-refractivity contribution in [2.45, 2.75) is 44.7 Å². The first-order chi connectivity index (χ1) is 9.08. The van der Waals surface area contributed by atoms with Crippen molar-refractivity contribution in [2.24, 2.45) is 0 Å². The molecule has 1 aliphatic rings. The van der Waals surface area contributed by atoms with Crippen LogP contribution in [0.25, 0.3) is 0 Å². The van der Waals surface area contributed by atoms with Gasteiger partial charge in [-0.15, -0.1) is 0 Å². The molecule has 0 amide bonds. The van der Waals surface area contributed by atoms with E-state index in [-0.39, 0.29) is 5.75 Å². The van der Waals surface area contributed by atoms with Crippen molar-refractivity contribution in [1.29, 1.82) is 0 Å². The summed E-state index contributed by atoms with van der Waals surface area (Å²) in [5, 5.41) is 19.1. The van der Waals surface area contributed by atoms with E-state index in [2.05, 4.69) is 0 Å². The molecule has 104 valence electrons. The van der Waals surface area contributed by atoms with Crippen molar-refractivity contribution in [1.82, 2.24) is 4.90 Å². The molecule has 0 aliphatic carbocycles. The average Bonchev–Trinajstić information content (AvgIpc) is 2.74. The zero-order valence-electron chi connectivity index (χ0n) is 11.3. The zero-order chi connectivity index (χ0) is 13.9. The molecule has 1 saturated heterocycles. The molecule has 0 aromatic heterocycles. The highest BCUT2D eigenvalue weighted by molar-refractivity contribution is 5.79. The molecule has 0 saturated carbocycles. The van der Waals surface area contributed by atoms with Gasteiger partial charge in [-0.25, -0.2) is 0 Å². The fourth-order valence-electron chi connectivity index (χ4n) is 3.09. The number of rotatable bonds is 5. The summed E-state index contributed by atoms with van der Waals surface area (Å²) in [5.41, 5.74) is 0.240. The van der Waals surface area contributed by atoms with Crippen LogP contribution in [-0.2, 0) is 11.3 Å². The van der Waals surface area contributed by atoms with Gasteiger partial charge in [-0.3, -0.25) is 9.69 Å². The number of aromatic hydroxyl groups is 1. The van der Waals surface area contributed by atoms with Gasteiger partial charge < -0.3 is 10.2 Å². The van der Waals surface area contributed by atoms with Gasteiger partial charge in [0, 0.05) is 6.54 Å². The summed E-state index contributed by atoms with van der Waals surface area (Å²) in [6, 6.07) is 7.06. The van der Waals surface area contributed by atoms with E-state index in [4.69, 9.17) is 0 Å². The Labute approximate surface area is 113 Å². The molecule has 1 unspecified atom stereocenters. The second-order valence-electron chi connectivity index (χ2n) is 5.28. The summed E-state index contributed by atoms with van der Waals surface area (Å²) in [7, 11) is 0. The van der Waals surface area contributed by atoms with E-state index in [1.165, 1.54) is 0 Å². The summed E-state index contributed by atoms with van der Waals surface area (Å²) in [6.45, 7) is 3.41. The van der Waals surface area contributed by atoms with Crippen LogP contribution in [0.15, 0.2) is 24.3 Å². The molecule has 1 fully saturated rings. The van der Waals surface area contributed by atoms with Gasteiger partial charge in [-0.05, 0) is 43.5 Å². The third-order valence-corrected chi connectivity index (χ3v) is 3.97. The molecule has 2 rings (SSSR count). The highest BCUT2D eigenvalue weighted by atomic mass is 16.4. The fourth-order valence-corrected chi connectivity index (χ4v) is 3.09. The molecule has 2 N–H and O–H groups in total. The maximum atomic E-state index is 11.7. The van der Waals surface area contributed by atoms with Crippen LogP contribution >= 0.6 is 0 Å². The normalized spacial score (nSPS) is 23.6. The van der Waals surface area contributed by atoms with Crippen LogP contribution in [0.3, 0.4) is 0 Å². The largest absolute Gasteiger partial charge is 0.508 e. The van der Waals surface area contributed by atoms with Crippen molar-refractivity contribution in [2.75, 3.05) is 6.54 Å². The summed E-state index contributed by atoms with van der Waals surface area (Å²) in [4.78, 5) is 13.7. The van der Waals surface area contributed by atoms with Gasteiger partial charge in [-0.2, -0.15) is 0 Å². The number of nitrogens with zero attached hydrogens (tertiary/aromatic N) is 1. The number of hydrogen-bond donors (Lipinski definition) is 2. The van der Waals surface area contributed by atoms with Crippen LogP contribution in [0.1, 0.15) is 38.2 Å². The third-order valence-electron chi connectivity index (χ3n) is 3.97. The van der Waals surface area contributed by atoms with Gasteiger partial charge >= 0.3 is 5.97 Å². The molecule has 1 atom stereocenters. The Bertz CT molecular complexity index is 460. The van der Waals surface area contributed by atoms with Crippen LogP contribution < -0.4 is 0 Å². The predicted octanol–water partition coefficient (Wildman–Crippen LogP) is 2.61. The summed E-state index contributed by atoms with van der Waals surface area (Å²) in [5.74, 6) is -0.486. The summed E-state index contributed by atoms with van der Waals surface area (Å²) in [6.07, 6.45) is 3.18. The standard InChI is InChI=1S/C15H21NO3/c1-2-7-15(14(18)19)8-4-9-16(15)11-12-5-3-6-13(17)10-12/h3,5-6,10,17H,2,4,7-9,11H2,1H3,(H,18,19). The molecule has 4 heteroatoms. The van der Waals surface area contributed by atoms with Crippen molar-refractivity contribution >= 4 is 5.97 Å². The monoisotopic (exact) mass is 263 g/mol. The number of phenols is 1. The second kappa shape index (κ2) is 5.61. The van der Waals surface area contributed by atoms with E-state index >= 15 is 0 Å². The smallest absolute Gasteiger partial charge is 0.324 e. The number of hydrogen-bond acceptors (Lipinski definition) is 3. The molecule has 0 spiro atoms.